The van der Waals surface area contributed by atoms with Crippen molar-refractivity contribution in [1.82, 2.24) is 5.32 Å². The van der Waals surface area contributed by atoms with Crippen molar-refractivity contribution in [3.63, 3.8) is 0 Å². The van der Waals surface area contributed by atoms with Crippen LogP contribution in [-0.2, 0) is 0 Å². The summed E-state index contributed by atoms with van der Waals surface area (Å²) < 4.78 is 13.2. The number of benzene rings is 1. The first-order chi connectivity index (χ1) is 9.15. The van der Waals surface area contributed by atoms with E-state index in [1.54, 1.807) is 0 Å². The summed E-state index contributed by atoms with van der Waals surface area (Å²) >= 11 is 0. The molecule has 1 N–H and O–H groups in total. The van der Waals surface area contributed by atoms with Gasteiger partial charge in [-0.1, -0.05) is 0 Å². The monoisotopic (exact) mass is 265 g/mol. The van der Waals surface area contributed by atoms with E-state index in [2.05, 4.69) is 5.32 Å². The first-order valence-electron chi connectivity index (χ1n) is 6.57. The normalized spacial score (nSPS) is 26.3. The molecular formula is C13H16FN3O2. The summed E-state index contributed by atoms with van der Waals surface area (Å²) in [4.78, 5) is 12.5. The van der Waals surface area contributed by atoms with E-state index in [4.69, 9.17) is 0 Å². The Labute approximate surface area is 110 Å². The number of nitrogens with zero attached hydrogens (tertiary/aromatic N) is 2. The molecule has 0 aliphatic carbocycles. The lowest BCUT2D eigenvalue weighted by molar-refractivity contribution is -0.384. The van der Waals surface area contributed by atoms with Gasteiger partial charge >= 0.3 is 0 Å². The number of nitro groups is 1. The Morgan fingerprint density at radius 2 is 2.26 bits per heavy atom. The van der Waals surface area contributed by atoms with Gasteiger partial charge in [-0.3, -0.25) is 10.1 Å². The molecule has 2 heterocycles. The highest BCUT2D eigenvalue weighted by atomic mass is 19.1. The fraction of sp³-hybridized carbons (Fsp3) is 0.538. The van der Waals surface area contributed by atoms with Crippen molar-refractivity contribution in [3.8, 4) is 0 Å². The summed E-state index contributed by atoms with van der Waals surface area (Å²) in [6.07, 6.45) is 2.31. The molecule has 0 radical (unpaired) electrons. The zero-order valence-electron chi connectivity index (χ0n) is 10.5. The lowest BCUT2D eigenvalue weighted by atomic mass is 9.94. The van der Waals surface area contributed by atoms with E-state index in [0.717, 1.165) is 38.5 Å². The summed E-state index contributed by atoms with van der Waals surface area (Å²) in [6, 6.07) is 4.21. The molecule has 0 saturated carbocycles. The van der Waals surface area contributed by atoms with Crippen molar-refractivity contribution < 1.29 is 9.31 Å². The average Bonchev–Trinajstić information content (AvgIpc) is 2.82. The molecule has 3 rings (SSSR count). The third-order valence-electron chi connectivity index (χ3n) is 4.07. The van der Waals surface area contributed by atoms with Crippen molar-refractivity contribution >= 4 is 11.4 Å². The summed E-state index contributed by atoms with van der Waals surface area (Å²) in [7, 11) is 0. The highest BCUT2D eigenvalue weighted by Gasteiger charge is 2.36. The predicted molar refractivity (Wildman–Crippen MR) is 69.8 cm³/mol. The fourth-order valence-electron chi connectivity index (χ4n) is 3.15. The van der Waals surface area contributed by atoms with Gasteiger partial charge in [0.15, 0.2) is 0 Å². The van der Waals surface area contributed by atoms with Crippen LogP contribution in [0.25, 0.3) is 0 Å². The quantitative estimate of drug-likeness (QED) is 0.655. The number of anilines is 1. The lowest BCUT2D eigenvalue weighted by Crippen LogP contribution is -2.40. The zero-order valence-corrected chi connectivity index (χ0v) is 10.5. The lowest BCUT2D eigenvalue weighted by Gasteiger charge is -2.24. The van der Waals surface area contributed by atoms with E-state index in [1.165, 1.54) is 12.1 Å². The molecule has 2 aliphatic rings. The molecule has 2 fully saturated rings. The van der Waals surface area contributed by atoms with Gasteiger partial charge in [0.05, 0.1) is 11.0 Å². The average molecular weight is 265 g/mol. The van der Waals surface area contributed by atoms with Gasteiger partial charge in [-0.2, -0.15) is 0 Å². The van der Waals surface area contributed by atoms with Crippen LogP contribution in [0.1, 0.15) is 12.8 Å². The van der Waals surface area contributed by atoms with Crippen LogP contribution in [0.3, 0.4) is 0 Å². The van der Waals surface area contributed by atoms with E-state index in [9.17, 15) is 14.5 Å². The zero-order chi connectivity index (χ0) is 13.4. The Bertz CT molecular complexity index is 495. The molecule has 0 spiro atoms. The Hall–Kier alpha value is -1.69. The maximum atomic E-state index is 13.2. The molecule has 2 aliphatic heterocycles. The minimum absolute atomic E-state index is 0.140. The van der Waals surface area contributed by atoms with Gasteiger partial charge in [0.25, 0.3) is 5.69 Å². The van der Waals surface area contributed by atoms with Crippen molar-refractivity contribution in [2.24, 2.45) is 5.92 Å². The van der Waals surface area contributed by atoms with Crippen molar-refractivity contribution in [2.45, 2.75) is 18.9 Å². The maximum absolute atomic E-state index is 13.2. The van der Waals surface area contributed by atoms with E-state index < -0.39 is 10.7 Å². The van der Waals surface area contributed by atoms with E-state index in [-0.39, 0.29) is 5.69 Å². The number of hydrogen-bond donors (Lipinski definition) is 1. The van der Waals surface area contributed by atoms with Crippen LogP contribution < -0.4 is 10.2 Å². The number of piperidine rings is 1. The Kier molecular flexibility index (Phi) is 3.10. The number of halogens is 1. The van der Waals surface area contributed by atoms with Gasteiger partial charge in [-0.05, 0) is 37.4 Å². The summed E-state index contributed by atoms with van der Waals surface area (Å²) in [5.74, 6) is -0.0244. The molecule has 1 aromatic carbocycles. The molecule has 6 heteroatoms. The van der Waals surface area contributed by atoms with E-state index in [1.807, 2.05) is 4.90 Å². The second kappa shape index (κ2) is 4.77. The van der Waals surface area contributed by atoms with Crippen LogP contribution in [0.2, 0.25) is 0 Å². The molecule has 102 valence electrons. The third-order valence-corrected chi connectivity index (χ3v) is 4.07. The van der Waals surface area contributed by atoms with Crippen LogP contribution in [0.5, 0.6) is 0 Å². The first kappa shape index (κ1) is 12.3. The van der Waals surface area contributed by atoms with Gasteiger partial charge in [-0.25, -0.2) is 4.39 Å². The van der Waals surface area contributed by atoms with Crippen molar-refractivity contribution in [1.29, 1.82) is 0 Å². The van der Waals surface area contributed by atoms with Gasteiger partial charge in [0.2, 0.25) is 0 Å². The maximum Gasteiger partial charge on any atom is 0.295 e. The van der Waals surface area contributed by atoms with E-state index in [0.29, 0.717) is 17.6 Å². The van der Waals surface area contributed by atoms with Crippen LogP contribution in [-0.4, -0.2) is 30.6 Å². The second-order valence-electron chi connectivity index (χ2n) is 5.26. The fourth-order valence-corrected chi connectivity index (χ4v) is 3.15. The summed E-state index contributed by atoms with van der Waals surface area (Å²) in [5.41, 5.74) is 0.390. The van der Waals surface area contributed by atoms with Gasteiger partial charge in [0, 0.05) is 19.1 Å². The summed E-state index contributed by atoms with van der Waals surface area (Å²) in [6.45, 7) is 2.59. The largest absolute Gasteiger partial charge is 0.364 e. The van der Waals surface area contributed by atoms with Crippen molar-refractivity contribution in [2.75, 3.05) is 24.5 Å². The number of rotatable bonds is 2. The molecule has 2 atom stereocenters. The molecular weight excluding hydrogens is 249 g/mol. The minimum atomic E-state index is -0.565. The molecule has 0 aromatic heterocycles. The van der Waals surface area contributed by atoms with Gasteiger partial charge in [0.1, 0.15) is 11.5 Å². The second-order valence-corrected chi connectivity index (χ2v) is 5.26. The SMILES string of the molecule is O=[N+]([O-])c1cc(F)ccc1N1CC2CCCNC2C1. The highest BCUT2D eigenvalue weighted by Crippen LogP contribution is 2.34. The number of nitro benzene ring substituents is 1. The Morgan fingerprint density at radius 3 is 3.00 bits per heavy atom. The highest BCUT2D eigenvalue weighted by molar-refractivity contribution is 5.64. The molecule has 0 bridgehead atoms. The molecule has 19 heavy (non-hydrogen) atoms. The van der Waals surface area contributed by atoms with Gasteiger partial charge < -0.3 is 10.2 Å². The predicted octanol–water partition coefficient (Wildman–Crippen LogP) is 1.92. The van der Waals surface area contributed by atoms with Crippen LogP contribution in [0.15, 0.2) is 18.2 Å². The topological polar surface area (TPSA) is 58.4 Å². The molecule has 2 saturated heterocycles. The van der Waals surface area contributed by atoms with Gasteiger partial charge in [-0.15, -0.1) is 0 Å². The molecule has 2 unspecified atom stereocenters. The molecule has 0 amide bonds. The van der Waals surface area contributed by atoms with Crippen molar-refractivity contribution in [3.05, 3.63) is 34.1 Å². The van der Waals surface area contributed by atoms with Crippen LogP contribution in [0, 0.1) is 21.8 Å². The van der Waals surface area contributed by atoms with E-state index >= 15 is 0 Å². The van der Waals surface area contributed by atoms with Crippen LogP contribution >= 0.6 is 0 Å². The Morgan fingerprint density at radius 1 is 1.42 bits per heavy atom. The number of hydrogen-bond acceptors (Lipinski definition) is 4. The summed E-state index contributed by atoms with van der Waals surface area (Å²) in [5, 5.41) is 14.5. The van der Waals surface area contributed by atoms with Crippen LogP contribution in [0.4, 0.5) is 15.8 Å². The Balaban J connectivity index is 1.88. The standard InChI is InChI=1S/C13H16FN3O2/c14-10-3-4-12(13(6-10)17(18)19)16-7-9-2-1-5-15-11(9)8-16/h3-4,6,9,11,15H,1-2,5,7-8H2. The number of fused-ring (bicyclic) bond motifs is 1. The third kappa shape index (κ3) is 2.28. The molecule has 1 aromatic rings. The first-order valence-corrected chi connectivity index (χ1v) is 6.57. The smallest absolute Gasteiger partial charge is 0.295 e. The minimum Gasteiger partial charge on any atom is -0.364 e. The molecule has 5 nitrogen and oxygen atoms in total. The number of nitrogens with one attached hydrogen (secondary N) is 1.